The highest BCUT2D eigenvalue weighted by Gasteiger charge is 2.16. The van der Waals surface area contributed by atoms with E-state index in [2.05, 4.69) is 25.8 Å². The summed E-state index contributed by atoms with van der Waals surface area (Å²) < 4.78 is 12.5. The highest BCUT2D eigenvalue weighted by molar-refractivity contribution is 7.13. The van der Waals surface area contributed by atoms with Crippen molar-refractivity contribution >= 4 is 17.2 Å². The molecule has 0 spiro atoms. The van der Waals surface area contributed by atoms with Crippen molar-refractivity contribution in [1.29, 1.82) is 0 Å². The van der Waals surface area contributed by atoms with Crippen molar-refractivity contribution in [2.45, 2.75) is 19.6 Å². The SMILES string of the molecule is C[C@H](Oc1ccccc1)C(=O)NCCn1cc(-c2nc(-c3cccs3)no2)nn1. The van der Waals surface area contributed by atoms with Crippen molar-refractivity contribution in [2.24, 2.45) is 0 Å². The lowest BCUT2D eigenvalue weighted by Gasteiger charge is -2.14. The Kier molecular flexibility index (Phi) is 5.61. The summed E-state index contributed by atoms with van der Waals surface area (Å²) in [5.41, 5.74) is 0.479. The molecule has 0 aliphatic heterocycles. The molecule has 0 bridgehead atoms. The Morgan fingerprint density at radius 2 is 2.14 bits per heavy atom. The quantitative estimate of drug-likeness (QED) is 0.476. The minimum absolute atomic E-state index is 0.202. The van der Waals surface area contributed by atoms with E-state index in [0.29, 0.717) is 36.2 Å². The number of nitrogens with one attached hydrogen (secondary N) is 1. The molecule has 0 saturated heterocycles. The normalized spacial score (nSPS) is 11.9. The number of amides is 1. The van der Waals surface area contributed by atoms with Gasteiger partial charge in [0.1, 0.15) is 5.75 Å². The van der Waals surface area contributed by atoms with Crippen LogP contribution < -0.4 is 10.1 Å². The van der Waals surface area contributed by atoms with Crippen LogP contribution in [0.4, 0.5) is 0 Å². The number of hydrogen-bond donors (Lipinski definition) is 1. The first-order chi connectivity index (χ1) is 14.2. The maximum atomic E-state index is 12.2. The summed E-state index contributed by atoms with van der Waals surface area (Å²) in [6, 6.07) is 13.1. The molecule has 4 rings (SSSR count). The molecule has 0 unspecified atom stereocenters. The second-order valence-corrected chi connectivity index (χ2v) is 7.08. The van der Waals surface area contributed by atoms with Crippen molar-refractivity contribution < 1.29 is 14.1 Å². The third-order valence-electron chi connectivity index (χ3n) is 3.99. The number of aromatic nitrogens is 5. The van der Waals surface area contributed by atoms with Crippen molar-refractivity contribution in [2.75, 3.05) is 6.54 Å². The zero-order valence-corrected chi connectivity index (χ0v) is 16.4. The topological polar surface area (TPSA) is 108 Å². The molecule has 0 saturated carbocycles. The highest BCUT2D eigenvalue weighted by Crippen LogP contribution is 2.24. The molecule has 1 N–H and O–H groups in total. The van der Waals surface area contributed by atoms with E-state index in [1.54, 1.807) is 17.8 Å². The van der Waals surface area contributed by atoms with Crippen LogP contribution in [0.15, 0.2) is 58.6 Å². The van der Waals surface area contributed by atoms with Crippen LogP contribution in [-0.2, 0) is 11.3 Å². The molecule has 0 aliphatic carbocycles. The fourth-order valence-electron chi connectivity index (χ4n) is 2.53. The molecule has 4 aromatic rings. The number of thiophene rings is 1. The molecule has 0 aliphatic rings. The Hall–Kier alpha value is -3.53. The van der Waals surface area contributed by atoms with Crippen molar-refractivity contribution in [3.05, 3.63) is 54.0 Å². The monoisotopic (exact) mass is 410 g/mol. The maximum absolute atomic E-state index is 12.2. The van der Waals surface area contributed by atoms with Gasteiger partial charge in [-0.25, -0.2) is 4.68 Å². The van der Waals surface area contributed by atoms with Gasteiger partial charge in [-0.3, -0.25) is 4.79 Å². The summed E-state index contributed by atoms with van der Waals surface area (Å²) in [4.78, 5) is 17.4. The first-order valence-electron chi connectivity index (χ1n) is 8.96. The lowest BCUT2D eigenvalue weighted by molar-refractivity contribution is -0.127. The van der Waals surface area contributed by atoms with Crippen LogP contribution in [0, 0.1) is 0 Å². The van der Waals surface area contributed by atoms with Gasteiger partial charge < -0.3 is 14.6 Å². The van der Waals surface area contributed by atoms with Crippen LogP contribution in [0.2, 0.25) is 0 Å². The molecule has 10 heteroatoms. The average Bonchev–Trinajstić information content (AvgIpc) is 3.49. The van der Waals surface area contributed by atoms with Gasteiger partial charge in [0.25, 0.3) is 11.8 Å². The number of hydrogen-bond acceptors (Lipinski definition) is 8. The van der Waals surface area contributed by atoms with E-state index in [1.165, 1.54) is 11.3 Å². The predicted molar refractivity (Wildman–Crippen MR) is 106 cm³/mol. The van der Waals surface area contributed by atoms with Crippen LogP contribution in [0.25, 0.3) is 22.3 Å². The van der Waals surface area contributed by atoms with E-state index in [9.17, 15) is 4.79 Å². The second-order valence-electron chi connectivity index (χ2n) is 6.13. The Morgan fingerprint density at radius 3 is 2.93 bits per heavy atom. The number of nitrogens with zero attached hydrogens (tertiary/aromatic N) is 5. The summed E-state index contributed by atoms with van der Waals surface area (Å²) in [6.45, 7) is 2.54. The van der Waals surface area contributed by atoms with E-state index in [4.69, 9.17) is 9.26 Å². The van der Waals surface area contributed by atoms with Crippen LogP contribution in [0.5, 0.6) is 5.75 Å². The first-order valence-corrected chi connectivity index (χ1v) is 9.84. The number of benzene rings is 1. The largest absolute Gasteiger partial charge is 0.481 e. The van der Waals surface area contributed by atoms with Gasteiger partial charge in [-0.2, -0.15) is 4.98 Å². The molecule has 0 fully saturated rings. The van der Waals surface area contributed by atoms with Crippen LogP contribution in [-0.4, -0.2) is 43.7 Å². The maximum Gasteiger partial charge on any atom is 0.280 e. The summed E-state index contributed by atoms with van der Waals surface area (Å²) >= 11 is 1.53. The molecule has 9 nitrogen and oxygen atoms in total. The standard InChI is InChI=1S/C19H18N6O3S/c1-13(27-14-6-3-2-4-7-14)18(26)20-9-10-25-12-15(22-24-25)19-21-17(23-28-19)16-8-5-11-29-16/h2-8,11-13H,9-10H2,1H3,(H,20,26)/t13-/m0/s1. The fourth-order valence-corrected chi connectivity index (χ4v) is 3.18. The van der Waals surface area contributed by atoms with E-state index in [1.807, 2.05) is 47.8 Å². The third kappa shape index (κ3) is 4.66. The molecule has 1 amide bonds. The van der Waals surface area contributed by atoms with Gasteiger partial charge in [0, 0.05) is 6.54 Å². The van der Waals surface area contributed by atoms with Crippen LogP contribution in [0.3, 0.4) is 0 Å². The minimum Gasteiger partial charge on any atom is -0.481 e. The molecular weight excluding hydrogens is 392 g/mol. The average molecular weight is 410 g/mol. The highest BCUT2D eigenvalue weighted by atomic mass is 32.1. The fraction of sp³-hybridized carbons (Fsp3) is 0.211. The predicted octanol–water partition coefficient (Wildman–Crippen LogP) is 2.64. The second kappa shape index (κ2) is 8.65. The summed E-state index contributed by atoms with van der Waals surface area (Å²) in [5, 5.41) is 16.8. The number of ether oxygens (including phenoxy) is 1. The molecule has 1 atom stereocenters. The Morgan fingerprint density at radius 1 is 1.28 bits per heavy atom. The van der Waals surface area contributed by atoms with Gasteiger partial charge in [0.05, 0.1) is 17.6 Å². The number of rotatable bonds is 8. The minimum atomic E-state index is -0.599. The Balaban J connectivity index is 1.28. The zero-order chi connectivity index (χ0) is 20.1. The van der Waals surface area contributed by atoms with E-state index < -0.39 is 6.10 Å². The zero-order valence-electron chi connectivity index (χ0n) is 15.6. The van der Waals surface area contributed by atoms with Crippen LogP contribution >= 0.6 is 11.3 Å². The van der Waals surface area contributed by atoms with Gasteiger partial charge in [-0.1, -0.05) is 34.6 Å². The Bertz CT molecular complexity index is 1060. The summed E-state index contributed by atoms with van der Waals surface area (Å²) in [7, 11) is 0. The molecule has 148 valence electrons. The van der Waals surface area contributed by atoms with Gasteiger partial charge in [-0.15, -0.1) is 16.4 Å². The molecule has 3 aromatic heterocycles. The first kappa shape index (κ1) is 18.8. The summed E-state index contributed by atoms with van der Waals surface area (Å²) in [6.07, 6.45) is 1.10. The third-order valence-corrected chi connectivity index (χ3v) is 4.86. The molecule has 1 aromatic carbocycles. The van der Waals surface area contributed by atoms with Crippen molar-refractivity contribution in [3.8, 4) is 28.0 Å². The van der Waals surface area contributed by atoms with E-state index in [-0.39, 0.29) is 5.91 Å². The van der Waals surface area contributed by atoms with Crippen molar-refractivity contribution in [1.82, 2.24) is 30.5 Å². The lowest BCUT2D eigenvalue weighted by atomic mass is 10.3. The molecule has 0 radical (unpaired) electrons. The number of carbonyl (C=O) groups excluding carboxylic acids is 1. The molecule has 29 heavy (non-hydrogen) atoms. The Labute approximate surface area is 170 Å². The molecule has 3 heterocycles. The van der Waals surface area contributed by atoms with E-state index in [0.717, 1.165) is 4.88 Å². The van der Waals surface area contributed by atoms with Crippen LogP contribution in [0.1, 0.15) is 6.92 Å². The lowest BCUT2D eigenvalue weighted by Crippen LogP contribution is -2.38. The number of carbonyl (C=O) groups is 1. The van der Waals surface area contributed by atoms with Crippen molar-refractivity contribution in [3.63, 3.8) is 0 Å². The van der Waals surface area contributed by atoms with Gasteiger partial charge in [0.2, 0.25) is 5.82 Å². The molecular formula is C19H18N6O3S. The number of para-hydroxylation sites is 1. The van der Waals surface area contributed by atoms with Gasteiger partial charge >= 0.3 is 0 Å². The smallest absolute Gasteiger partial charge is 0.280 e. The van der Waals surface area contributed by atoms with E-state index >= 15 is 0 Å². The summed E-state index contributed by atoms with van der Waals surface area (Å²) in [5.74, 6) is 1.27. The van der Waals surface area contributed by atoms with Gasteiger partial charge in [0.15, 0.2) is 11.8 Å². The van der Waals surface area contributed by atoms with Gasteiger partial charge in [-0.05, 0) is 30.5 Å².